The Labute approximate surface area is 516 Å². The van der Waals surface area contributed by atoms with Crippen LogP contribution < -0.4 is 5.32 Å². The molecule has 86 heavy (non-hydrogen) atoms. The number of unbranched alkanes of at least 4 members (excludes halogenated alkanes) is 29. The van der Waals surface area contributed by atoms with Crippen LogP contribution in [0.5, 0.6) is 0 Å². The van der Waals surface area contributed by atoms with Crippen molar-refractivity contribution in [2.45, 2.75) is 343 Å². The summed E-state index contributed by atoms with van der Waals surface area (Å²) in [6, 6.07) is -0.998. The molecule has 0 saturated carbocycles. The Kier molecular flexibility index (Phi) is 44.8. The highest BCUT2D eigenvalue weighted by atomic mass is 16.8. The van der Waals surface area contributed by atoms with Gasteiger partial charge in [-0.1, -0.05) is 210 Å². The smallest absolute Gasteiger partial charge is 0.220 e. The first-order valence-corrected chi connectivity index (χ1v) is 33.9. The minimum absolute atomic E-state index is 0.229. The van der Waals surface area contributed by atoms with Gasteiger partial charge >= 0.3 is 0 Å². The number of rotatable bonds is 51. The zero-order chi connectivity index (χ0) is 62.6. The maximum absolute atomic E-state index is 13.4. The van der Waals surface area contributed by atoms with Crippen molar-refractivity contribution in [1.29, 1.82) is 0 Å². The molecule has 19 heteroatoms. The number of hydrogen-bond donors (Lipinski definition) is 12. The number of carbonyl (C=O) groups excluding carboxylic acids is 1. The van der Waals surface area contributed by atoms with Gasteiger partial charge in [0, 0.05) is 6.42 Å². The van der Waals surface area contributed by atoms with Gasteiger partial charge in [-0.05, 0) is 70.6 Å². The first-order valence-electron chi connectivity index (χ1n) is 33.9. The van der Waals surface area contributed by atoms with Crippen molar-refractivity contribution in [2.24, 2.45) is 0 Å². The van der Waals surface area contributed by atoms with E-state index in [9.17, 15) is 61.0 Å². The number of ether oxygens (including phenoxy) is 6. The summed E-state index contributed by atoms with van der Waals surface area (Å²) in [5.74, 6) is -0.291. The monoisotopic (exact) mass is 1230 g/mol. The predicted molar refractivity (Wildman–Crippen MR) is 332 cm³/mol. The Morgan fingerprint density at radius 2 is 0.744 bits per heavy atom. The number of carbonyl (C=O) groups is 1. The number of hydrogen-bond acceptors (Lipinski definition) is 18. The predicted octanol–water partition coefficient (Wildman–Crippen LogP) is 8.22. The van der Waals surface area contributed by atoms with Crippen LogP contribution in [0.1, 0.15) is 239 Å². The summed E-state index contributed by atoms with van der Waals surface area (Å²) in [5, 5.41) is 120. The maximum Gasteiger partial charge on any atom is 0.220 e. The molecule has 3 aliphatic heterocycles. The molecule has 3 fully saturated rings. The van der Waals surface area contributed by atoms with Gasteiger partial charge in [0.1, 0.15) is 73.2 Å². The van der Waals surface area contributed by atoms with Gasteiger partial charge in [0.25, 0.3) is 0 Å². The quantitative estimate of drug-likeness (QED) is 0.0202. The van der Waals surface area contributed by atoms with E-state index in [-0.39, 0.29) is 18.9 Å². The molecule has 0 aromatic heterocycles. The SMILES string of the molecule is CCCCCCCC/C=C\CCCCCCCCCCCC(=O)NC(COC1OC(CO)C(OC2OC(CO)C(OC3OC(CO)C(O)C(O)C3O)C(O)C2O)C(O)C1O)C(O)/C=C/CC/C=C/CC/C=C/CCCCCCCCCCCCCC. The molecule has 19 nitrogen and oxygen atoms in total. The number of amides is 1. The van der Waals surface area contributed by atoms with Crippen LogP contribution in [0.2, 0.25) is 0 Å². The summed E-state index contributed by atoms with van der Waals surface area (Å²) < 4.78 is 34.3. The van der Waals surface area contributed by atoms with Crippen LogP contribution >= 0.6 is 0 Å². The van der Waals surface area contributed by atoms with Gasteiger partial charge < -0.3 is 89.9 Å². The molecule has 3 rings (SSSR count). The highest BCUT2D eigenvalue weighted by Crippen LogP contribution is 2.33. The van der Waals surface area contributed by atoms with E-state index in [1.165, 1.54) is 148 Å². The first-order chi connectivity index (χ1) is 41.8. The third-order valence-corrected chi connectivity index (χ3v) is 16.8. The van der Waals surface area contributed by atoms with Gasteiger partial charge in [0.15, 0.2) is 18.9 Å². The standard InChI is InChI=1S/C67H121NO18/c1-3-5-7-9-11-13-15-17-19-21-23-24-25-27-28-30-32-34-36-38-40-42-44-51(72)50(68-55(73)45-43-41-39-37-35-33-31-29-26-22-20-18-16-14-12-10-8-6-4-2)49-81-65-61(79)58(76)63(53(47-70)83-65)86-67-62(80)59(77)64(54(48-71)84-67)85-66-60(78)57(75)56(74)52(46-69)82-66/h18,20,27-28,34,36,42,44,50-54,56-67,69-72,74-80H,3-17,19,21-26,29-33,35,37-41,43,45-49H2,1-2H3,(H,68,73)/b20-18-,28-27+,36-34+,44-42+. The van der Waals surface area contributed by atoms with E-state index in [0.717, 1.165) is 57.8 Å². The second-order valence-electron chi connectivity index (χ2n) is 24.3. The molecule has 17 unspecified atom stereocenters. The van der Waals surface area contributed by atoms with Crippen molar-refractivity contribution in [2.75, 3.05) is 26.4 Å². The third-order valence-electron chi connectivity index (χ3n) is 16.8. The van der Waals surface area contributed by atoms with Crippen LogP contribution in [0.25, 0.3) is 0 Å². The molecule has 0 bridgehead atoms. The van der Waals surface area contributed by atoms with E-state index in [1.54, 1.807) is 6.08 Å². The number of aliphatic hydroxyl groups is 11. The molecule has 17 atom stereocenters. The molecule has 3 heterocycles. The molecular weight excluding hydrogens is 1110 g/mol. The molecule has 0 radical (unpaired) electrons. The Balaban J connectivity index is 1.48. The highest BCUT2D eigenvalue weighted by Gasteiger charge is 2.53. The molecule has 0 aromatic carbocycles. The Hall–Kier alpha value is -2.25. The van der Waals surface area contributed by atoms with Crippen LogP contribution in [-0.2, 0) is 33.2 Å². The van der Waals surface area contributed by atoms with Gasteiger partial charge in [-0.3, -0.25) is 4.79 Å². The van der Waals surface area contributed by atoms with Crippen molar-refractivity contribution in [1.82, 2.24) is 5.32 Å². The summed E-state index contributed by atoms with van der Waals surface area (Å²) in [4.78, 5) is 13.4. The lowest BCUT2D eigenvalue weighted by Gasteiger charge is -2.48. The summed E-state index contributed by atoms with van der Waals surface area (Å²) in [6.45, 7) is 1.71. The number of nitrogens with one attached hydrogen (secondary N) is 1. The number of aliphatic hydroxyl groups excluding tert-OH is 11. The van der Waals surface area contributed by atoms with Crippen molar-refractivity contribution in [3.05, 3.63) is 48.6 Å². The van der Waals surface area contributed by atoms with Gasteiger partial charge in [-0.2, -0.15) is 0 Å². The summed E-state index contributed by atoms with van der Waals surface area (Å²) in [7, 11) is 0. The van der Waals surface area contributed by atoms with E-state index >= 15 is 0 Å². The number of allylic oxidation sites excluding steroid dienone is 7. The average molecular weight is 1230 g/mol. The first kappa shape index (κ1) is 78.0. The molecule has 0 spiro atoms. The average Bonchev–Trinajstić information content (AvgIpc) is 2.80. The summed E-state index contributed by atoms with van der Waals surface area (Å²) >= 11 is 0. The van der Waals surface area contributed by atoms with E-state index < -0.39 is 124 Å². The maximum atomic E-state index is 13.4. The van der Waals surface area contributed by atoms with Gasteiger partial charge in [0.2, 0.25) is 5.91 Å². The summed E-state index contributed by atoms with van der Waals surface area (Å²) in [5.41, 5.74) is 0. The molecule has 1 amide bonds. The van der Waals surface area contributed by atoms with Crippen LogP contribution in [0.3, 0.4) is 0 Å². The fourth-order valence-corrected chi connectivity index (χ4v) is 11.3. The lowest BCUT2D eigenvalue weighted by Crippen LogP contribution is -2.66. The minimum Gasteiger partial charge on any atom is -0.394 e. The normalized spacial score (nSPS) is 29.1. The Morgan fingerprint density at radius 1 is 0.407 bits per heavy atom. The lowest BCUT2D eigenvalue weighted by molar-refractivity contribution is -0.379. The molecule has 0 aromatic rings. The highest BCUT2D eigenvalue weighted by molar-refractivity contribution is 5.76. The van der Waals surface area contributed by atoms with Crippen molar-refractivity contribution in [3.8, 4) is 0 Å². The molecule has 0 aliphatic carbocycles. The molecule has 3 saturated heterocycles. The van der Waals surface area contributed by atoms with Gasteiger partial charge in [-0.15, -0.1) is 0 Å². The van der Waals surface area contributed by atoms with Gasteiger partial charge in [-0.25, -0.2) is 0 Å². The van der Waals surface area contributed by atoms with Crippen LogP contribution in [0, 0.1) is 0 Å². The molecule has 12 N–H and O–H groups in total. The van der Waals surface area contributed by atoms with E-state index in [0.29, 0.717) is 12.8 Å². The van der Waals surface area contributed by atoms with E-state index in [2.05, 4.69) is 55.6 Å². The zero-order valence-corrected chi connectivity index (χ0v) is 52.8. The fraction of sp³-hybridized carbons (Fsp3) is 0.866. The van der Waals surface area contributed by atoms with Crippen molar-refractivity contribution < 1.29 is 89.4 Å². The van der Waals surface area contributed by atoms with E-state index in [1.807, 2.05) is 6.08 Å². The summed E-state index contributed by atoms with van der Waals surface area (Å²) in [6.07, 6.45) is 30.8. The van der Waals surface area contributed by atoms with Crippen molar-refractivity contribution >= 4 is 5.91 Å². The topological polar surface area (TPSA) is 307 Å². The second-order valence-corrected chi connectivity index (χ2v) is 24.3. The minimum atomic E-state index is -1.98. The largest absolute Gasteiger partial charge is 0.394 e. The Bertz CT molecular complexity index is 1750. The van der Waals surface area contributed by atoms with Crippen LogP contribution in [0.4, 0.5) is 0 Å². The fourth-order valence-electron chi connectivity index (χ4n) is 11.3. The van der Waals surface area contributed by atoms with E-state index in [4.69, 9.17) is 28.4 Å². The molecule has 502 valence electrons. The Morgan fingerprint density at radius 3 is 1.16 bits per heavy atom. The molecular formula is C67H121NO18. The zero-order valence-electron chi connectivity index (χ0n) is 52.8. The van der Waals surface area contributed by atoms with Crippen LogP contribution in [-0.4, -0.2) is 193 Å². The van der Waals surface area contributed by atoms with Gasteiger partial charge in [0.05, 0.1) is 38.6 Å². The van der Waals surface area contributed by atoms with Crippen molar-refractivity contribution in [3.63, 3.8) is 0 Å². The third kappa shape index (κ3) is 31.7. The van der Waals surface area contributed by atoms with Crippen LogP contribution in [0.15, 0.2) is 48.6 Å². The molecule has 3 aliphatic rings. The lowest BCUT2D eigenvalue weighted by atomic mass is 9.96. The second kappa shape index (κ2) is 49.5.